The SMILES string of the molecule is Cc1cc(C(=O)NCC2CCCCC2)no1. The molecule has 0 unspecified atom stereocenters. The fraction of sp³-hybridized carbons (Fsp3) is 0.667. The van der Waals surface area contributed by atoms with E-state index >= 15 is 0 Å². The minimum absolute atomic E-state index is 0.123. The highest BCUT2D eigenvalue weighted by Crippen LogP contribution is 2.22. The third kappa shape index (κ3) is 2.84. The van der Waals surface area contributed by atoms with Crippen molar-refractivity contribution in [2.75, 3.05) is 6.54 Å². The van der Waals surface area contributed by atoms with Gasteiger partial charge in [-0.25, -0.2) is 0 Å². The van der Waals surface area contributed by atoms with Crippen molar-refractivity contribution in [3.8, 4) is 0 Å². The molecule has 88 valence electrons. The first-order valence-corrected chi connectivity index (χ1v) is 5.97. The van der Waals surface area contributed by atoms with Gasteiger partial charge in [0.15, 0.2) is 5.69 Å². The molecule has 1 fully saturated rings. The summed E-state index contributed by atoms with van der Waals surface area (Å²) < 4.78 is 4.87. The fourth-order valence-electron chi connectivity index (χ4n) is 2.19. The van der Waals surface area contributed by atoms with Gasteiger partial charge in [-0.05, 0) is 25.7 Å². The van der Waals surface area contributed by atoms with Gasteiger partial charge in [0.2, 0.25) is 0 Å². The van der Waals surface area contributed by atoms with E-state index in [4.69, 9.17) is 4.52 Å². The van der Waals surface area contributed by atoms with Gasteiger partial charge in [-0.15, -0.1) is 0 Å². The van der Waals surface area contributed by atoms with Crippen LogP contribution >= 0.6 is 0 Å². The molecule has 2 rings (SSSR count). The van der Waals surface area contributed by atoms with Crippen molar-refractivity contribution < 1.29 is 9.32 Å². The Kier molecular flexibility index (Phi) is 3.59. The Bertz CT molecular complexity index is 354. The van der Waals surface area contributed by atoms with Crippen molar-refractivity contribution >= 4 is 5.91 Å². The molecule has 1 N–H and O–H groups in total. The quantitative estimate of drug-likeness (QED) is 0.853. The number of aromatic nitrogens is 1. The van der Waals surface area contributed by atoms with Crippen molar-refractivity contribution in [2.45, 2.75) is 39.0 Å². The van der Waals surface area contributed by atoms with Gasteiger partial charge in [0, 0.05) is 12.6 Å². The average Bonchev–Trinajstić information content (AvgIpc) is 2.74. The molecule has 1 saturated carbocycles. The molecule has 0 aromatic carbocycles. The van der Waals surface area contributed by atoms with E-state index in [-0.39, 0.29) is 5.91 Å². The van der Waals surface area contributed by atoms with Crippen LogP contribution in [0.25, 0.3) is 0 Å². The zero-order valence-electron chi connectivity index (χ0n) is 9.66. The Morgan fingerprint density at radius 1 is 1.50 bits per heavy atom. The summed E-state index contributed by atoms with van der Waals surface area (Å²) in [5.41, 5.74) is 0.383. The zero-order valence-corrected chi connectivity index (χ0v) is 9.66. The second-order valence-corrected chi connectivity index (χ2v) is 4.54. The number of nitrogens with zero attached hydrogens (tertiary/aromatic N) is 1. The van der Waals surface area contributed by atoms with Gasteiger partial charge in [0.1, 0.15) is 5.76 Å². The third-order valence-electron chi connectivity index (χ3n) is 3.14. The molecule has 0 atom stereocenters. The molecular weight excluding hydrogens is 204 g/mol. The first kappa shape index (κ1) is 11.2. The van der Waals surface area contributed by atoms with E-state index in [1.54, 1.807) is 13.0 Å². The number of rotatable bonds is 3. The van der Waals surface area contributed by atoms with Crippen LogP contribution in [0.15, 0.2) is 10.6 Å². The maximum atomic E-state index is 11.7. The van der Waals surface area contributed by atoms with E-state index in [1.165, 1.54) is 32.1 Å². The highest BCUT2D eigenvalue weighted by Gasteiger charge is 2.16. The maximum Gasteiger partial charge on any atom is 0.273 e. The smallest absolute Gasteiger partial charge is 0.273 e. The van der Waals surface area contributed by atoms with Gasteiger partial charge in [0.05, 0.1) is 0 Å². The molecule has 0 saturated heterocycles. The summed E-state index contributed by atoms with van der Waals surface area (Å²) in [6.07, 6.45) is 6.40. The monoisotopic (exact) mass is 222 g/mol. The standard InChI is InChI=1S/C12H18N2O2/c1-9-7-11(14-16-9)12(15)13-8-10-5-3-2-4-6-10/h7,10H,2-6,8H2,1H3,(H,13,15). The van der Waals surface area contributed by atoms with Crippen molar-refractivity contribution in [3.63, 3.8) is 0 Å². The highest BCUT2D eigenvalue weighted by atomic mass is 16.5. The number of aryl methyl sites for hydroxylation is 1. The van der Waals surface area contributed by atoms with Crippen LogP contribution in [-0.2, 0) is 0 Å². The molecule has 16 heavy (non-hydrogen) atoms. The number of amides is 1. The minimum Gasteiger partial charge on any atom is -0.361 e. The second-order valence-electron chi connectivity index (χ2n) is 4.54. The molecule has 0 radical (unpaired) electrons. The van der Waals surface area contributed by atoms with Crippen LogP contribution in [0.2, 0.25) is 0 Å². The Morgan fingerprint density at radius 3 is 2.88 bits per heavy atom. The van der Waals surface area contributed by atoms with Gasteiger partial charge < -0.3 is 9.84 Å². The Labute approximate surface area is 95.4 Å². The lowest BCUT2D eigenvalue weighted by atomic mass is 9.89. The second kappa shape index (κ2) is 5.14. The molecular formula is C12H18N2O2. The van der Waals surface area contributed by atoms with Crippen LogP contribution < -0.4 is 5.32 Å². The third-order valence-corrected chi connectivity index (χ3v) is 3.14. The first-order chi connectivity index (χ1) is 7.75. The van der Waals surface area contributed by atoms with Gasteiger partial charge in [0.25, 0.3) is 5.91 Å². The predicted molar refractivity (Wildman–Crippen MR) is 60.1 cm³/mol. The molecule has 4 heteroatoms. The summed E-state index contributed by atoms with van der Waals surface area (Å²) in [6, 6.07) is 1.66. The minimum atomic E-state index is -0.123. The number of hydrogen-bond donors (Lipinski definition) is 1. The largest absolute Gasteiger partial charge is 0.361 e. The van der Waals surface area contributed by atoms with Crippen LogP contribution in [0.4, 0.5) is 0 Å². The first-order valence-electron chi connectivity index (χ1n) is 5.97. The summed E-state index contributed by atoms with van der Waals surface area (Å²) in [7, 11) is 0. The Balaban J connectivity index is 1.79. The lowest BCUT2D eigenvalue weighted by Gasteiger charge is -2.21. The van der Waals surface area contributed by atoms with Gasteiger partial charge in [-0.1, -0.05) is 24.4 Å². The van der Waals surface area contributed by atoms with E-state index in [0.717, 1.165) is 6.54 Å². The molecule has 4 nitrogen and oxygen atoms in total. The van der Waals surface area contributed by atoms with Gasteiger partial charge in [-0.3, -0.25) is 4.79 Å². The lowest BCUT2D eigenvalue weighted by Crippen LogP contribution is -2.30. The Morgan fingerprint density at radius 2 is 2.25 bits per heavy atom. The normalized spacial score (nSPS) is 17.3. The van der Waals surface area contributed by atoms with E-state index < -0.39 is 0 Å². The van der Waals surface area contributed by atoms with Crippen molar-refractivity contribution in [3.05, 3.63) is 17.5 Å². The van der Waals surface area contributed by atoms with Crippen LogP contribution in [0.1, 0.15) is 48.4 Å². The number of nitrogens with one attached hydrogen (secondary N) is 1. The number of carbonyl (C=O) groups is 1. The molecule has 1 aliphatic rings. The molecule has 0 spiro atoms. The predicted octanol–water partition coefficient (Wildman–Crippen LogP) is 2.29. The molecule has 1 amide bonds. The molecule has 0 aliphatic heterocycles. The van der Waals surface area contributed by atoms with Gasteiger partial charge in [-0.2, -0.15) is 0 Å². The van der Waals surface area contributed by atoms with E-state index in [2.05, 4.69) is 10.5 Å². The average molecular weight is 222 g/mol. The number of carbonyl (C=O) groups excluding carboxylic acids is 1. The van der Waals surface area contributed by atoms with Crippen LogP contribution in [0.3, 0.4) is 0 Å². The van der Waals surface area contributed by atoms with E-state index in [0.29, 0.717) is 17.4 Å². The molecule has 1 heterocycles. The van der Waals surface area contributed by atoms with Crippen molar-refractivity contribution in [2.24, 2.45) is 5.92 Å². The lowest BCUT2D eigenvalue weighted by molar-refractivity contribution is 0.0934. The van der Waals surface area contributed by atoms with Crippen molar-refractivity contribution in [1.29, 1.82) is 0 Å². The molecule has 0 bridgehead atoms. The van der Waals surface area contributed by atoms with Crippen LogP contribution in [0, 0.1) is 12.8 Å². The summed E-state index contributed by atoms with van der Waals surface area (Å²) in [4.78, 5) is 11.7. The highest BCUT2D eigenvalue weighted by molar-refractivity contribution is 5.92. The topological polar surface area (TPSA) is 55.1 Å². The maximum absolute atomic E-state index is 11.7. The van der Waals surface area contributed by atoms with Crippen LogP contribution in [0.5, 0.6) is 0 Å². The summed E-state index contributed by atoms with van der Waals surface area (Å²) in [5, 5.41) is 6.61. The summed E-state index contributed by atoms with van der Waals surface area (Å²) >= 11 is 0. The fourth-order valence-corrected chi connectivity index (χ4v) is 2.19. The molecule has 1 aromatic rings. The Hall–Kier alpha value is -1.32. The molecule has 1 aromatic heterocycles. The van der Waals surface area contributed by atoms with Crippen LogP contribution in [-0.4, -0.2) is 17.6 Å². The zero-order chi connectivity index (χ0) is 11.4. The van der Waals surface area contributed by atoms with E-state index in [9.17, 15) is 4.79 Å². The van der Waals surface area contributed by atoms with Gasteiger partial charge >= 0.3 is 0 Å². The summed E-state index contributed by atoms with van der Waals surface area (Å²) in [5.74, 6) is 1.19. The molecule has 1 aliphatic carbocycles. The summed E-state index contributed by atoms with van der Waals surface area (Å²) in [6.45, 7) is 2.55. The van der Waals surface area contributed by atoms with E-state index in [1.807, 2.05) is 0 Å². The number of hydrogen-bond acceptors (Lipinski definition) is 3. The van der Waals surface area contributed by atoms with Crippen molar-refractivity contribution in [1.82, 2.24) is 10.5 Å².